The maximum absolute atomic E-state index is 14.4. The van der Waals surface area contributed by atoms with Crippen molar-refractivity contribution in [3.63, 3.8) is 0 Å². The highest BCUT2D eigenvalue weighted by atomic mass is 19.1. The summed E-state index contributed by atoms with van der Waals surface area (Å²) in [5.41, 5.74) is 5.43. The number of halogens is 2. The largest absolute Gasteiger partial charge is 0.321 e. The molecule has 0 aliphatic heterocycles. The van der Waals surface area contributed by atoms with Crippen molar-refractivity contribution in [2.24, 2.45) is 0 Å². The van der Waals surface area contributed by atoms with Crippen LogP contribution >= 0.6 is 0 Å². The van der Waals surface area contributed by atoms with Gasteiger partial charge in [-0.15, -0.1) is 0 Å². The van der Waals surface area contributed by atoms with Crippen LogP contribution in [0.5, 0.6) is 0 Å². The molecule has 0 saturated heterocycles. The highest BCUT2D eigenvalue weighted by Gasteiger charge is 2.28. The highest BCUT2D eigenvalue weighted by molar-refractivity contribution is 5.97. The third-order valence-electron chi connectivity index (χ3n) is 6.41. The number of benzene rings is 4. The van der Waals surface area contributed by atoms with E-state index in [0.717, 1.165) is 33.3 Å². The van der Waals surface area contributed by atoms with Crippen LogP contribution in [-0.4, -0.2) is 15.5 Å². The van der Waals surface area contributed by atoms with Gasteiger partial charge in [-0.05, 0) is 72.5 Å². The normalized spacial score (nSPS) is 12.0. The number of nitrogens with zero attached hydrogens (tertiary/aromatic N) is 2. The van der Waals surface area contributed by atoms with Crippen molar-refractivity contribution in [3.8, 4) is 0 Å². The van der Waals surface area contributed by atoms with Crippen molar-refractivity contribution < 1.29 is 13.6 Å². The van der Waals surface area contributed by atoms with E-state index >= 15 is 0 Å². The zero-order valence-corrected chi connectivity index (χ0v) is 20.0. The summed E-state index contributed by atoms with van der Waals surface area (Å²) in [4.78, 5) is 18.7. The van der Waals surface area contributed by atoms with Crippen LogP contribution in [0, 0.1) is 25.5 Å². The molecular formula is C30H25F2N3O. The number of aromatic nitrogens is 2. The number of para-hydroxylation sites is 1. The Labute approximate surface area is 208 Å². The summed E-state index contributed by atoms with van der Waals surface area (Å²) >= 11 is 0. The number of fused-ring (bicyclic) bond motifs is 1. The Kier molecular flexibility index (Phi) is 6.34. The lowest BCUT2D eigenvalue weighted by atomic mass is 10.0. The molecule has 1 N–H and O–H groups in total. The molecule has 0 aliphatic rings. The quantitative estimate of drug-likeness (QED) is 0.292. The van der Waals surface area contributed by atoms with Gasteiger partial charge < -0.3 is 9.88 Å². The summed E-state index contributed by atoms with van der Waals surface area (Å²) in [5, 5.41) is 2.77. The molecule has 1 atom stereocenters. The lowest BCUT2D eigenvalue weighted by molar-refractivity contribution is -0.118. The van der Waals surface area contributed by atoms with Gasteiger partial charge in [0.2, 0.25) is 0 Å². The van der Waals surface area contributed by atoms with Crippen molar-refractivity contribution >= 4 is 22.6 Å². The maximum Gasteiger partial charge on any atom is 0.252 e. The van der Waals surface area contributed by atoms with Crippen molar-refractivity contribution in [2.45, 2.75) is 26.3 Å². The Balaban J connectivity index is 1.70. The molecule has 6 heteroatoms. The topological polar surface area (TPSA) is 46.9 Å². The first-order valence-electron chi connectivity index (χ1n) is 11.7. The average Bonchev–Trinajstić information content (AvgIpc) is 3.19. The monoisotopic (exact) mass is 481 g/mol. The van der Waals surface area contributed by atoms with Crippen LogP contribution in [0.4, 0.5) is 14.5 Å². The molecule has 1 amide bonds. The number of nitrogens with one attached hydrogen (secondary N) is 1. The van der Waals surface area contributed by atoms with Crippen molar-refractivity contribution in [1.82, 2.24) is 9.55 Å². The van der Waals surface area contributed by atoms with Gasteiger partial charge in [-0.2, -0.15) is 0 Å². The van der Waals surface area contributed by atoms with E-state index in [0.29, 0.717) is 12.2 Å². The van der Waals surface area contributed by atoms with Crippen LogP contribution in [0.25, 0.3) is 11.0 Å². The van der Waals surface area contributed by atoms with Gasteiger partial charge in [-0.25, -0.2) is 13.8 Å². The van der Waals surface area contributed by atoms with E-state index in [2.05, 4.69) is 5.32 Å². The van der Waals surface area contributed by atoms with Gasteiger partial charge in [0, 0.05) is 6.42 Å². The minimum absolute atomic E-state index is 0.111. The summed E-state index contributed by atoms with van der Waals surface area (Å²) in [5.74, 6) is -0.556. The van der Waals surface area contributed by atoms with Crippen LogP contribution in [0.15, 0.2) is 91.0 Å². The molecule has 36 heavy (non-hydrogen) atoms. The van der Waals surface area contributed by atoms with Crippen LogP contribution in [0.3, 0.4) is 0 Å². The van der Waals surface area contributed by atoms with Gasteiger partial charge in [-0.3, -0.25) is 4.79 Å². The van der Waals surface area contributed by atoms with Crippen LogP contribution < -0.4 is 5.32 Å². The summed E-state index contributed by atoms with van der Waals surface area (Å²) in [7, 11) is 0. The molecule has 5 aromatic rings. The van der Waals surface area contributed by atoms with E-state index in [1.807, 2.05) is 60.9 Å². The summed E-state index contributed by atoms with van der Waals surface area (Å²) in [6.45, 7) is 4.04. The zero-order valence-electron chi connectivity index (χ0n) is 20.0. The average molecular weight is 482 g/mol. The molecule has 0 bridgehead atoms. The number of hydrogen-bond donors (Lipinski definition) is 1. The molecule has 180 valence electrons. The molecule has 0 radical (unpaired) electrons. The van der Waals surface area contributed by atoms with E-state index in [1.54, 1.807) is 24.3 Å². The third kappa shape index (κ3) is 4.62. The first-order chi connectivity index (χ1) is 17.4. The zero-order chi connectivity index (χ0) is 25.2. The van der Waals surface area contributed by atoms with E-state index < -0.39 is 11.9 Å². The lowest BCUT2D eigenvalue weighted by Crippen LogP contribution is -2.28. The molecule has 4 aromatic carbocycles. The van der Waals surface area contributed by atoms with Gasteiger partial charge in [0.1, 0.15) is 23.5 Å². The number of amides is 1. The Morgan fingerprint density at radius 2 is 1.56 bits per heavy atom. The molecule has 0 saturated carbocycles. The number of rotatable bonds is 6. The molecule has 1 heterocycles. The molecule has 0 fully saturated rings. The number of hydrogen-bond acceptors (Lipinski definition) is 2. The first kappa shape index (κ1) is 23.4. The summed E-state index contributed by atoms with van der Waals surface area (Å²) in [6, 6.07) is 24.9. The molecule has 1 aromatic heterocycles. The van der Waals surface area contributed by atoms with Gasteiger partial charge >= 0.3 is 0 Å². The number of anilines is 1. The Bertz CT molecular complexity index is 1540. The Morgan fingerprint density at radius 1 is 0.889 bits per heavy atom. The number of aryl methyl sites for hydroxylation is 2. The highest BCUT2D eigenvalue weighted by Crippen LogP contribution is 2.31. The standard InChI is InChI=1S/C30H25F2N3O/c1-19-16-26-27(17-20(19)2)35(28(33-26)18-21-12-14-23(31)15-13-21)29(22-8-4-3-5-9-22)30(36)34-25-11-7-6-10-24(25)32/h3-17,29H,18H2,1-2H3,(H,34,36). The second-order valence-electron chi connectivity index (χ2n) is 8.91. The van der Waals surface area contributed by atoms with Crippen LogP contribution in [0.1, 0.15) is 34.1 Å². The predicted octanol–water partition coefficient (Wildman–Crippen LogP) is 6.75. The summed E-state index contributed by atoms with van der Waals surface area (Å²) in [6.07, 6.45) is 0.392. The van der Waals surface area contributed by atoms with E-state index in [4.69, 9.17) is 4.98 Å². The molecule has 1 unspecified atom stereocenters. The Hall–Kier alpha value is -4.32. The van der Waals surface area contributed by atoms with Gasteiger partial charge in [0.15, 0.2) is 0 Å². The van der Waals surface area contributed by atoms with E-state index in [1.165, 1.54) is 24.3 Å². The molecule has 4 nitrogen and oxygen atoms in total. The second-order valence-corrected chi connectivity index (χ2v) is 8.91. The SMILES string of the molecule is Cc1cc2nc(Cc3ccc(F)cc3)n(C(C(=O)Nc3ccccc3F)c3ccccc3)c2cc1C. The fourth-order valence-electron chi connectivity index (χ4n) is 4.41. The minimum atomic E-state index is -0.812. The van der Waals surface area contributed by atoms with Crippen molar-refractivity contribution in [2.75, 3.05) is 5.32 Å². The predicted molar refractivity (Wildman–Crippen MR) is 138 cm³/mol. The third-order valence-corrected chi connectivity index (χ3v) is 6.41. The fraction of sp³-hybridized carbons (Fsp3) is 0.133. The van der Waals surface area contributed by atoms with Gasteiger partial charge in [-0.1, -0.05) is 54.6 Å². The first-order valence-corrected chi connectivity index (χ1v) is 11.7. The number of carbonyl (C=O) groups is 1. The van der Waals surface area contributed by atoms with Crippen LogP contribution in [0.2, 0.25) is 0 Å². The Morgan fingerprint density at radius 3 is 2.28 bits per heavy atom. The molecule has 0 aliphatic carbocycles. The maximum atomic E-state index is 14.4. The lowest BCUT2D eigenvalue weighted by Gasteiger charge is -2.22. The number of carbonyl (C=O) groups excluding carboxylic acids is 1. The van der Waals surface area contributed by atoms with Crippen LogP contribution in [-0.2, 0) is 11.2 Å². The second kappa shape index (κ2) is 9.74. The van der Waals surface area contributed by atoms with E-state index in [-0.39, 0.29) is 17.4 Å². The molecular weight excluding hydrogens is 456 g/mol. The summed E-state index contributed by atoms with van der Waals surface area (Å²) < 4.78 is 29.9. The van der Waals surface area contributed by atoms with Crippen molar-refractivity contribution in [3.05, 3.63) is 131 Å². The van der Waals surface area contributed by atoms with E-state index in [9.17, 15) is 13.6 Å². The minimum Gasteiger partial charge on any atom is -0.321 e. The number of imidazole rings is 1. The van der Waals surface area contributed by atoms with Gasteiger partial charge in [0.05, 0.1) is 16.7 Å². The van der Waals surface area contributed by atoms with Gasteiger partial charge in [0.25, 0.3) is 5.91 Å². The molecule has 5 rings (SSSR count). The smallest absolute Gasteiger partial charge is 0.252 e. The fourth-order valence-corrected chi connectivity index (χ4v) is 4.41. The molecule has 0 spiro atoms. The van der Waals surface area contributed by atoms with Crippen molar-refractivity contribution in [1.29, 1.82) is 0 Å².